The molecule has 17 heavy (non-hydrogen) atoms. The minimum atomic E-state index is -3.13. The molecule has 0 radical (unpaired) electrons. The van der Waals surface area contributed by atoms with Crippen molar-refractivity contribution in [3.05, 3.63) is 28.2 Å². The molecule has 0 amide bonds. The number of nitrogen functional groups attached to an aromatic ring is 1. The molecule has 0 aliphatic carbocycles. The maximum atomic E-state index is 11.6. The number of ether oxygens (including phenoxy) is 1. The normalized spacial score (nSPS) is 11.2. The maximum absolute atomic E-state index is 11.6. The van der Waals surface area contributed by atoms with Crippen LogP contribution >= 0.6 is 15.9 Å². The van der Waals surface area contributed by atoms with Crippen LogP contribution in [-0.4, -0.2) is 33.0 Å². The lowest BCUT2D eigenvalue weighted by Gasteiger charge is -2.06. The van der Waals surface area contributed by atoms with Crippen LogP contribution in [0, 0.1) is 0 Å². The minimum Gasteiger partial charge on any atom is -0.461 e. The van der Waals surface area contributed by atoms with Gasteiger partial charge in [-0.1, -0.05) is 0 Å². The molecule has 7 heteroatoms. The number of benzene rings is 1. The third kappa shape index (κ3) is 4.74. The van der Waals surface area contributed by atoms with Gasteiger partial charge in [0.05, 0.1) is 11.3 Å². The van der Waals surface area contributed by atoms with Gasteiger partial charge in [0.2, 0.25) is 0 Å². The Bertz CT molecular complexity index is 527. The van der Waals surface area contributed by atoms with E-state index in [1.54, 1.807) is 12.1 Å². The van der Waals surface area contributed by atoms with Gasteiger partial charge in [-0.05, 0) is 34.1 Å². The Morgan fingerprint density at radius 2 is 2.12 bits per heavy atom. The third-order valence-electron chi connectivity index (χ3n) is 1.90. The van der Waals surface area contributed by atoms with E-state index in [4.69, 9.17) is 10.5 Å². The zero-order valence-corrected chi connectivity index (χ0v) is 11.5. The van der Waals surface area contributed by atoms with Crippen molar-refractivity contribution in [2.75, 3.05) is 24.3 Å². The number of carbonyl (C=O) groups excluding carboxylic acids is 1. The molecule has 0 aliphatic heterocycles. The highest BCUT2D eigenvalue weighted by Gasteiger charge is 2.13. The predicted octanol–water partition coefficient (Wildman–Crippen LogP) is 1.23. The molecule has 0 atom stereocenters. The Kier molecular flexibility index (Phi) is 4.53. The van der Waals surface area contributed by atoms with Crippen molar-refractivity contribution in [1.82, 2.24) is 0 Å². The van der Waals surface area contributed by atoms with E-state index in [1.165, 1.54) is 6.07 Å². The Labute approximate surface area is 108 Å². The number of esters is 1. The minimum absolute atomic E-state index is 0.168. The number of carbonyl (C=O) groups is 1. The first-order valence-corrected chi connectivity index (χ1v) is 7.55. The largest absolute Gasteiger partial charge is 0.461 e. The van der Waals surface area contributed by atoms with Crippen molar-refractivity contribution in [3.8, 4) is 0 Å². The molecule has 1 aromatic rings. The Morgan fingerprint density at radius 3 is 2.71 bits per heavy atom. The van der Waals surface area contributed by atoms with Crippen LogP contribution < -0.4 is 5.73 Å². The van der Waals surface area contributed by atoms with Gasteiger partial charge in [-0.15, -0.1) is 0 Å². The van der Waals surface area contributed by atoms with Crippen molar-refractivity contribution in [3.63, 3.8) is 0 Å². The van der Waals surface area contributed by atoms with E-state index in [9.17, 15) is 13.2 Å². The fraction of sp³-hybridized carbons (Fsp3) is 0.300. The molecule has 0 fully saturated rings. The summed E-state index contributed by atoms with van der Waals surface area (Å²) in [6.07, 6.45) is 1.08. The van der Waals surface area contributed by atoms with Crippen molar-refractivity contribution in [2.45, 2.75) is 0 Å². The second-order valence-electron chi connectivity index (χ2n) is 3.51. The number of hydrogen-bond donors (Lipinski definition) is 1. The number of sulfone groups is 1. The van der Waals surface area contributed by atoms with Crippen LogP contribution in [0.4, 0.5) is 5.69 Å². The molecule has 0 aromatic heterocycles. The fourth-order valence-corrected chi connectivity index (χ4v) is 1.86. The first kappa shape index (κ1) is 14.0. The van der Waals surface area contributed by atoms with Gasteiger partial charge in [-0.25, -0.2) is 13.2 Å². The molecule has 0 saturated carbocycles. The Hall–Kier alpha value is -1.08. The van der Waals surface area contributed by atoms with Crippen LogP contribution in [0.25, 0.3) is 0 Å². The van der Waals surface area contributed by atoms with E-state index in [2.05, 4.69) is 15.9 Å². The molecule has 0 heterocycles. The highest BCUT2D eigenvalue weighted by Crippen LogP contribution is 2.20. The van der Waals surface area contributed by atoms with Crippen molar-refractivity contribution < 1.29 is 17.9 Å². The van der Waals surface area contributed by atoms with Gasteiger partial charge in [-0.2, -0.15) is 0 Å². The lowest BCUT2D eigenvalue weighted by Crippen LogP contribution is -2.14. The molecule has 0 unspecified atom stereocenters. The van der Waals surface area contributed by atoms with Crippen LogP contribution in [0.2, 0.25) is 0 Å². The van der Waals surface area contributed by atoms with Gasteiger partial charge in [0.25, 0.3) is 0 Å². The van der Waals surface area contributed by atoms with Gasteiger partial charge in [0, 0.05) is 16.4 Å². The molecular formula is C10H12BrNO4S. The molecule has 1 aromatic carbocycles. The van der Waals surface area contributed by atoms with Crippen LogP contribution in [0.3, 0.4) is 0 Å². The van der Waals surface area contributed by atoms with Gasteiger partial charge in [-0.3, -0.25) is 0 Å². The highest BCUT2D eigenvalue weighted by molar-refractivity contribution is 9.10. The topological polar surface area (TPSA) is 86.5 Å². The Morgan fingerprint density at radius 1 is 1.47 bits per heavy atom. The highest BCUT2D eigenvalue weighted by atomic mass is 79.9. The summed E-state index contributed by atoms with van der Waals surface area (Å²) < 4.78 is 27.1. The smallest absolute Gasteiger partial charge is 0.339 e. The number of nitrogens with two attached hydrogens (primary N) is 1. The molecule has 1 rings (SSSR count). The number of anilines is 1. The van der Waals surface area contributed by atoms with Crippen LogP contribution in [-0.2, 0) is 14.6 Å². The van der Waals surface area contributed by atoms with Crippen molar-refractivity contribution in [2.24, 2.45) is 0 Å². The summed E-state index contributed by atoms with van der Waals surface area (Å²) in [6.45, 7) is -0.168. The van der Waals surface area contributed by atoms with E-state index in [-0.39, 0.29) is 17.9 Å². The zero-order valence-electron chi connectivity index (χ0n) is 9.14. The van der Waals surface area contributed by atoms with Crippen LogP contribution in [0.5, 0.6) is 0 Å². The quantitative estimate of drug-likeness (QED) is 0.665. The van der Waals surface area contributed by atoms with Gasteiger partial charge in [0.1, 0.15) is 6.61 Å². The molecule has 0 saturated heterocycles. The van der Waals surface area contributed by atoms with E-state index in [1.807, 2.05) is 0 Å². The summed E-state index contributed by atoms with van der Waals surface area (Å²) in [7, 11) is -3.13. The number of rotatable bonds is 4. The van der Waals surface area contributed by atoms with Crippen LogP contribution in [0.1, 0.15) is 10.4 Å². The van der Waals surface area contributed by atoms with Gasteiger partial charge >= 0.3 is 5.97 Å². The summed E-state index contributed by atoms with van der Waals surface area (Å²) in [6, 6.07) is 4.73. The number of hydrogen-bond acceptors (Lipinski definition) is 5. The van der Waals surface area contributed by atoms with E-state index in [0.717, 1.165) is 6.26 Å². The molecule has 5 nitrogen and oxygen atoms in total. The monoisotopic (exact) mass is 321 g/mol. The summed E-state index contributed by atoms with van der Waals surface area (Å²) in [5, 5.41) is 0. The molecule has 0 spiro atoms. The lowest BCUT2D eigenvalue weighted by molar-refractivity contribution is 0.0528. The molecule has 94 valence electrons. The molecule has 2 N–H and O–H groups in total. The third-order valence-corrected chi connectivity index (χ3v) is 3.50. The lowest BCUT2D eigenvalue weighted by atomic mass is 10.2. The first-order chi connectivity index (χ1) is 7.79. The average Bonchev–Trinajstić information content (AvgIpc) is 2.19. The summed E-state index contributed by atoms with van der Waals surface area (Å²) >= 11 is 3.19. The predicted molar refractivity (Wildman–Crippen MR) is 68.5 cm³/mol. The second kappa shape index (κ2) is 5.50. The Balaban J connectivity index is 2.67. The maximum Gasteiger partial charge on any atom is 0.339 e. The SMILES string of the molecule is CS(=O)(=O)CCOC(=O)c1cc(N)ccc1Br. The van der Waals surface area contributed by atoms with E-state index < -0.39 is 15.8 Å². The van der Waals surface area contributed by atoms with Crippen molar-refractivity contribution >= 4 is 37.4 Å². The summed E-state index contributed by atoms with van der Waals surface area (Å²) in [4.78, 5) is 11.6. The van der Waals surface area contributed by atoms with E-state index >= 15 is 0 Å². The zero-order chi connectivity index (χ0) is 13.1. The molecule has 0 aliphatic rings. The van der Waals surface area contributed by atoms with Gasteiger partial charge in [0.15, 0.2) is 9.84 Å². The second-order valence-corrected chi connectivity index (χ2v) is 6.62. The first-order valence-electron chi connectivity index (χ1n) is 4.69. The average molecular weight is 322 g/mol. The summed E-state index contributed by atoms with van der Waals surface area (Å²) in [5.74, 6) is -0.800. The standard InChI is InChI=1S/C10H12BrNO4S/c1-17(14,15)5-4-16-10(13)8-6-7(12)2-3-9(8)11/h2-3,6H,4-5,12H2,1H3. The van der Waals surface area contributed by atoms with Crippen molar-refractivity contribution in [1.29, 1.82) is 0 Å². The van der Waals surface area contributed by atoms with Gasteiger partial charge < -0.3 is 10.5 Å². The fourth-order valence-electron chi connectivity index (χ4n) is 1.06. The summed E-state index contributed by atoms with van der Waals surface area (Å²) in [5.41, 5.74) is 6.25. The van der Waals surface area contributed by atoms with Crippen LogP contribution in [0.15, 0.2) is 22.7 Å². The molecular weight excluding hydrogens is 310 g/mol. The van der Waals surface area contributed by atoms with E-state index in [0.29, 0.717) is 10.2 Å². The number of halogens is 1. The molecule has 0 bridgehead atoms.